The standard InChI is InChI=1S/C23H21Cl2N7O3/c24-13-3-1-4-14-17(13)22(33)32(10-2-9-26-23(34)35)21(29-14)18(12-5-6-12)31-20-19-15(27-11-28-20)7-8-16(25)30-19/h1,3-4,7-8,11-12,18,26H,2,5-6,9-10H2,(H,34,35)(H,27,28,31). The van der Waals surface area contributed by atoms with Gasteiger partial charge in [-0.1, -0.05) is 29.3 Å². The Bertz CT molecular complexity index is 1490. The summed E-state index contributed by atoms with van der Waals surface area (Å²) in [5, 5.41) is 15.6. The molecule has 5 rings (SSSR count). The molecule has 1 atom stereocenters. The highest BCUT2D eigenvalue weighted by atomic mass is 35.5. The van der Waals surface area contributed by atoms with Gasteiger partial charge in [0, 0.05) is 13.1 Å². The lowest BCUT2D eigenvalue weighted by Crippen LogP contribution is -2.32. The molecule has 3 aromatic heterocycles. The first-order chi connectivity index (χ1) is 16.9. The second-order valence-corrected chi connectivity index (χ2v) is 9.12. The Morgan fingerprint density at radius 1 is 1.14 bits per heavy atom. The van der Waals surface area contributed by atoms with Crippen LogP contribution in [0.25, 0.3) is 21.9 Å². The second-order valence-electron chi connectivity index (χ2n) is 8.33. The first kappa shape index (κ1) is 23.3. The van der Waals surface area contributed by atoms with Crippen LogP contribution in [0.5, 0.6) is 0 Å². The molecule has 1 fully saturated rings. The molecule has 12 heteroatoms. The summed E-state index contributed by atoms with van der Waals surface area (Å²) < 4.78 is 1.58. The number of hydrogen-bond acceptors (Lipinski definition) is 7. The molecule has 0 aliphatic heterocycles. The number of carbonyl (C=O) groups is 1. The van der Waals surface area contributed by atoms with Crippen LogP contribution in [0.2, 0.25) is 10.2 Å². The zero-order valence-corrected chi connectivity index (χ0v) is 19.9. The average molecular weight is 514 g/mol. The van der Waals surface area contributed by atoms with Crippen molar-refractivity contribution in [3.8, 4) is 0 Å². The van der Waals surface area contributed by atoms with Gasteiger partial charge in [-0.05, 0) is 49.4 Å². The topological polar surface area (TPSA) is 135 Å². The van der Waals surface area contributed by atoms with Gasteiger partial charge in [-0.15, -0.1) is 0 Å². The normalized spacial score (nSPS) is 14.2. The van der Waals surface area contributed by atoms with Crippen molar-refractivity contribution in [1.29, 1.82) is 0 Å². The third kappa shape index (κ3) is 4.85. The molecule has 1 aliphatic carbocycles. The van der Waals surface area contributed by atoms with E-state index < -0.39 is 6.09 Å². The Kier molecular flexibility index (Phi) is 6.40. The van der Waals surface area contributed by atoms with E-state index in [2.05, 4.69) is 25.6 Å². The van der Waals surface area contributed by atoms with Gasteiger partial charge in [-0.2, -0.15) is 0 Å². The van der Waals surface area contributed by atoms with Crippen LogP contribution in [-0.4, -0.2) is 42.2 Å². The minimum absolute atomic E-state index is 0.197. The molecular formula is C23H21Cl2N7O3. The summed E-state index contributed by atoms with van der Waals surface area (Å²) in [6, 6.07) is 8.26. The van der Waals surface area contributed by atoms with Crippen LogP contribution in [0.15, 0.2) is 41.5 Å². The summed E-state index contributed by atoms with van der Waals surface area (Å²) in [7, 11) is 0. The average Bonchev–Trinajstić information content (AvgIpc) is 3.66. The zero-order chi connectivity index (χ0) is 24.5. The minimum Gasteiger partial charge on any atom is -0.465 e. The maximum Gasteiger partial charge on any atom is 0.404 e. The molecule has 3 N–H and O–H groups in total. The van der Waals surface area contributed by atoms with Crippen LogP contribution >= 0.6 is 23.2 Å². The summed E-state index contributed by atoms with van der Waals surface area (Å²) in [6.45, 7) is 0.463. The Morgan fingerprint density at radius 2 is 1.97 bits per heavy atom. The lowest BCUT2D eigenvalue weighted by molar-refractivity contribution is 0.194. The van der Waals surface area contributed by atoms with Crippen molar-refractivity contribution < 1.29 is 9.90 Å². The molecule has 3 heterocycles. The van der Waals surface area contributed by atoms with E-state index in [1.165, 1.54) is 6.33 Å². The van der Waals surface area contributed by atoms with Crippen LogP contribution in [0.1, 0.15) is 31.1 Å². The van der Waals surface area contributed by atoms with E-state index in [4.69, 9.17) is 33.3 Å². The number of fused-ring (bicyclic) bond motifs is 2. The van der Waals surface area contributed by atoms with Crippen LogP contribution in [0.4, 0.5) is 10.6 Å². The molecular weight excluding hydrogens is 493 g/mol. The summed E-state index contributed by atoms with van der Waals surface area (Å²) in [5.74, 6) is 1.26. The fourth-order valence-electron chi connectivity index (χ4n) is 4.12. The molecule has 1 unspecified atom stereocenters. The van der Waals surface area contributed by atoms with E-state index in [1.807, 2.05) is 0 Å². The SMILES string of the molecule is O=C(O)NCCCn1c(C(Nc2ncnc3ccc(Cl)nc23)C2CC2)nc2cccc(Cl)c2c1=O. The number of pyridine rings is 1. The van der Waals surface area contributed by atoms with Gasteiger partial charge in [-0.3, -0.25) is 9.36 Å². The number of amides is 1. The second kappa shape index (κ2) is 9.63. The number of anilines is 1. The summed E-state index contributed by atoms with van der Waals surface area (Å²) in [4.78, 5) is 42.3. The molecule has 1 amide bonds. The fraction of sp³-hybridized carbons (Fsp3) is 0.304. The Morgan fingerprint density at radius 3 is 2.74 bits per heavy atom. The molecule has 4 aromatic rings. The van der Waals surface area contributed by atoms with Gasteiger partial charge < -0.3 is 15.7 Å². The van der Waals surface area contributed by atoms with Crippen LogP contribution in [0, 0.1) is 5.92 Å². The van der Waals surface area contributed by atoms with Gasteiger partial charge >= 0.3 is 6.09 Å². The summed E-state index contributed by atoms with van der Waals surface area (Å²) in [5.41, 5.74) is 1.39. The molecule has 1 aromatic carbocycles. The van der Waals surface area contributed by atoms with Gasteiger partial charge in [0.25, 0.3) is 5.56 Å². The number of aromatic nitrogens is 5. The number of nitrogens with one attached hydrogen (secondary N) is 2. The third-order valence-corrected chi connectivity index (χ3v) is 6.43. The maximum absolute atomic E-state index is 13.6. The van der Waals surface area contributed by atoms with Gasteiger partial charge in [0.2, 0.25) is 0 Å². The van der Waals surface area contributed by atoms with Crippen molar-refractivity contribution in [2.75, 3.05) is 11.9 Å². The van der Waals surface area contributed by atoms with E-state index >= 15 is 0 Å². The predicted molar refractivity (Wildman–Crippen MR) is 133 cm³/mol. The van der Waals surface area contributed by atoms with Crippen molar-refractivity contribution in [2.24, 2.45) is 5.92 Å². The lowest BCUT2D eigenvalue weighted by Gasteiger charge is -2.23. The number of nitrogens with zero attached hydrogens (tertiary/aromatic N) is 5. The molecule has 35 heavy (non-hydrogen) atoms. The molecule has 1 aliphatic rings. The number of hydrogen-bond donors (Lipinski definition) is 3. The first-order valence-electron chi connectivity index (χ1n) is 11.1. The quantitative estimate of drug-likeness (QED) is 0.235. The molecule has 10 nitrogen and oxygen atoms in total. The van der Waals surface area contributed by atoms with Gasteiger partial charge in [-0.25, -0.2) is 24.7 Å². The largest absolute Gasteiger partial charge is 0.465 e. The molecule has 1 saturated carbocycles. The fourth-order valence-corrected chi connectivity index (χ4v) is 4.52. The van der Waals surface area contributed by atoms with Crippen molar-refractivity contribution in [3.63, 3.8) is 0 Å². The molecule has 0 radical (unpaired) electrons. The Labute approximate surface area is 209 Å². The van der Waals surface area contributed by atoms with Crippen molar-refractivity contribution in [3.05, 3.63) is 63.0 Å². The number of rotatable bonds is 8. The highest BCUT2D eigenvalue weighted by molar-refractivity contribution is 6.35. The van der Waals surface area contributed by atoms with E-state index in [1.54, 1.807) is 34.9 Å². The van der Waals surface area contributed by atoms with Crippen molar-refractivity contribution in [2.45, 2.75) is 31.8 Å². The van der Waals surface area contributed by atoms with Crippen LogP contribution in [0.3, 0.4) is 0 Å². The van der Waals surface area contributed by atoms with Gasteiger partial charge in [0.1, 0.15) is 22.8 Å². The highest BCUT2D eigenvalue weighted by Gasteiger charge is 2.36. The van der Waals surface area contributed by atoms with Gasteiger partial charge in [0.15, 0.2) is 5.82 Å². The van der Waals surface area contributed by atoms with E-state index in [9.17, 15) is 9.59 Å². The number of halogens is 2. The van der Waals surface area contributed by atoms with E-state index in [-0.39, 0.29) is 30.6 Å². The minimum atomic E-state index is -1.11. The maximum atomic E-state index is 13.6. The van der Waals surface area contributed by atoms with E-state index in [0.717, 1.165) is 12.8 Å². The number of benzene rings is 1. The third-order valence-electron chi connectivity index (χ3n) is 5.91. The van der Waals surface area contributed by atoms with Crippen molar-refractivity contribution in [1.82, 2.24) is 29.8 Å². The van der Waals surface area contributed by atoms with Crippen LogP contribution in [-0.2, 0) is 6.54 Å². The first-order valence-corrected chi connectivity index (χ1v) is 11.9. The van der Waals surface area contributed by atoms with E-state index in [0.29, 0.717) is 50.2 Å². The Hall–Kier alpha value is -3.50. The monoisotopic (exact) mass is 513 g/mol. The smallest absolute Gasteiger partial charge is 0.404 e. The molecule has 0 saturated heterocycles. The van der Waals surface area contributed by atoms with Crippen LogP contribution < -0.4 is 16.2 Å². The Balaban J connectivity index is 1.60. The molecule has 0 spiro atoms. The van der Waals surface area contributed by atoms with Gasteiger partial charge in [0.05, 0.1) is 27.5 Å². The molecule has 0 bridgehead atoms. The van der Waals surface area contributed by atoms with Crippen molar-refractivity contribution >= 4 is 57.0 Å². The predicted octanol–water partition coefficient (Wildman–Crippen LogP) is 4.26. The highest BCUT2D eigenvalue weighted by Crippen LogP contribution is 2.43. The summed E-state index contributed by atoms with van der Waals surface area (Å²) >= 11 is 12.5. The molecule has 180 valence electrons. The zero-order valence-electron chi connectivity index (χ0n) is 18.4. The number of carboxylic acid groups (broad SMARTS) is 1. The summed E-state index contributed by atoms with van der Waals surface area (Å²) in [6.07, 6.45) is 2.65. The lowest BCUT2D eigenvalue weighted by atomic mass is 10.1.